The van der Waals surface area contributed by atoms with Crippen molar-refractivity contribution in [1.29, 1.82) is 0 Å². The smallest absolute Gasteiger partial charge is 0.327 e. The van der Waals surface area contributed by atoms with Crippen molar-refractivity contribution < 1.29 is 9.90 Å². The number of benzene rings is 2. The van der Waals surface area contributed by atoms with E-state index < -0.39 is 5.97 Å². The zero-order valence-electron chi connectivity index (χ0n) is 15.8. The molecule has 0 spiro atoms. The molecule has 1 heterocycles. The van der Waals surface area contributed by atoms with Gasteiger partial charge < -0.3 is 5.11 Å². The average molecular weight is 372 g/mol. The molecular weight excluding hydrogens is 348 g/mol. The summed E-state index contributed by atoms with van der Waals surface area (Å²) in [7, 11) is 0. The van der Waals surface area contributed by atoms with Gasteiger partial charge in [0.2, 0.25) is 0 Å². The van der Waals surface area contributed by atoms with Gasteiger partial charge in [-0.05, 0) is 24.8 Å². The standard InChI is InChI=1S/C24H24N2O2/c27-23(28)17-11-3-1-2-10-16-22-25-18-21(19-12-6-4-7-13-19)24(26-22)20-14-8-5-9-15-20/h4-9,11-15,17-18H,1-3,10,16H2,(H,27,28). The van der Waals surface area contributed by atoms with Gasteiger partial charge in [-0.25, -0.2) is 14.8 Å². The molecule has 2 aromatic carbocycles. The lowest BCUT2D eigenvalue weighted by molar-refractivity contribution is -0.131. The molecule has 0 fully saturated rings. The van der Waals surface area contributed by atoms with Gasteiger partial charge in [-0.2, -0.15) is 0 Å². The van der Waals surface area contributed by atoms with Gasteiger partial charge in [-0.1, -0.05) is 73.2 Å². The van der Waals surface area contributed by atoms with E-state index in [0.717, 1.165) is 60.3 Å². The lowest BCUT2D eigenvalue weighted by Gasteiger charge is -2.11. The molecule has 0 atom stereocenters. The molecule has 3 aromatic rings. The van der Waals surface area contributed by atoms with Crippen LogP contribution in [0.25, 0.3) is 22.4 Å². The molecular formula is C24H24N2O2. The van der Waals surface area contributed by atoms with Crippen LogP contribution >= 0.6 is 0 Å². The van der Waals surface area contributed by atoms with Crippen LogP contribution in [0.3, 0.4) is 0 Å². The Balaban J connectivity index is 1.71. The molecule has 0 aliphatic carbocycles. The molecule has 0 bridgehead atoms. The van der Waals surface area contributed by atoms with Crippen LogP contribution in [0.5, 0.6) is 0 Å². The SMILES string of the molecule is O=C(O)C=CCCCCCc1ncc(-c2ccccc2)c(-c2ccccc2)n1. The largest absolute Gasteiger partial charge is 0.478 e. The van der Waals surface area contributed by atoms with Gasteiger partial charge in [0.25, 0.3) is 0 Å². The summed E-state index contributed by atoms with van der Waals surface area (Å²) in [6.07, 6.45) is 9.42. The van der Waals surface area contributed by atoms with Gasteiger partial charge >= 0.3 is 5.97 Å². The van der Waals surface area contributed by atoms with Crippen molar-refractivity contribution in [3.63, 3.8) is 0 Å². The van der Waals surface area contributed by atoms with Crippen LogP contribution in [0.1, 0.15) is 31.5 Å². The van der Waals surface area contributed by atoms with E-state index in [0.29, 0.717) is 0 Å². The van der Waals surface area contributed by atoms with Gasteiger partial charge in [0.1, 0.15) is 5.82 Å². The van der Waals surface area contributed by atoms with Crippen LogP contribution in [0.15, 0.2) is 79.0 Å². The maximum Gasteiger partial charge on any atom is 0.327 e. The Bertz CT molecular complexity index is 922. The first-order valence-corrected chi connectivity index (χ1v) is 9.60. The van der Waals surface area contributed by atoms with E-state index in [1.165, 1.54) is 6.08 Å². The van der Waals surface area contributed by atoms with E-state index >= 15 is 0 Å². The number of allylic oxidation sites excluding steroid dienone is 1. The highest BCUT2D eigenvalue weighted by atomic mass is 16.4. The summed E-state index contributed by atoms with van der Waals surface area (Å²) in [4.78, 5) is 19.9. The summed E-state index contributed by atoms with van der Waals surface area (Å²) < 4.78 is 0. The zero-order chi connectivity index (χ0) is 19.6. The summed E-state index contributed by atoms with van der Waals surface area (Å²) in [5.41, 5.74) is 4.19. The third-order valence-corrected chi connectivity index (χ3v) is 4.50. The zero-order valence-corrected chi connectivity index (χ0v) is 15.8. The lowest BCUT2D eigenvalue weighted by Crippen LogP contribution is -1.99. The second kappa shape index (κ2) is 10.2. The summed E-state index contributed by atoms with van der Waals surface area (Å²) in [5.74, 6) is -0.0417. The first-order valence-electron chi connectivity index (χ1n) is 9.60. The molecule has 0 aliphatic rings. The molecule has 0 saturated carbocycles. The van der Waals surface area contributed by atoms with Crippen molar-refractivity contribution in [2.75, 3.05) is 0 Å². The number of nitrogens with zero attached hydrogens (tertiary/aromatic N) is 2. The average Bonchev–Trinajstić information content (AvgIpc) is 2.74. The number of unbranched alkanes of at least 4 members (excludes halogenated alkanes) is 3. The van der Waals surface area contributed by atoms with Crippen molar-refractivity contribution in [2.24, 2.45) is 0 Å². The fourth-order valence-corrected chi connectivity index (χ4v) is 3.09. The third-order valence-electron chi connectivity index (χ3n) is 4.50. The Hall–Kier alpha value is -3.27. The topological polar surface area (TPSA) is 63.1 Å². The number of aryl methyl sites for hydroxylation is 1. The molecule has 0 unspecified atom stereocenters. The Morgan fingerprint density at radius 1 is 0.893 bits per heavy atom. The molecule has 28 heavy (non-hydrogen) atoms. The van der Waals surface area contributed by atoms with Crippen molar-refractivity contribution in [3.05, 3.63) is 84.8 Å². The Morgan fingerprint density at radius 3 is 2.25 bits per heavy atom. The van der Waals surface area contributed by atoms with E-state index in [4.69, 9.17) is 10.1 Å². The van der Waals surface area contributed by atoms with Crippen LogP contribution in [-0.4, -0.2) is 21.0 Å². The number of aromatic nitrogens is 2. The molecule has 1 N–H and O–H groups in total. The van der Waals surface area contributed by atoms with Crippen LogP contribution in [0, 0.1) is 0 Å². The summed E-state index contributed by atoms with van der Waals surface area (Å²) >= 11 is 0. The molecule has 4 heteroatoms. The lowest BCUT2D eigenvalue weighted by atomic mass is 10.0. The van der Waals surface area contributed by atoms with Gasteiger partial charge in [0.05, 0.1) is 5.69 Å². The Labute approximate surface area is 165 Å². The van der Waals surface area contributed by atoms with Crippen molar-refractivity contribution in [1.82, 2.24) is 9.97 Å². The Morgan fingerprint density at radius 2 is 1.57 bits per heavy atom. The molecule has 142 valence electrons. The van der Waals surface area contributed by atoms with E-state index in [1.54, 1.807) is 6.08 Å². The van der Waals surface area contributed by atoms with Crippen molar-refractivity contribution >= 4 is 5.97 Å². The van der Waals surface area contributed by atoms with Crippen molar-refractivity contribution in [2.45, 2.75) is 32.1 Å². The molecule has 3 rings (SSSR count). The van der Waals surface area contributed by atoms with Crippen LogP contribution in [0.2, 0.25) is 0 Å². The van der Waals surface area contributed by atoms with E-state index in [9.17, 15) is 4.79 Å². The van der Waals surface area contributed by atoms with Gasteiger partial charge in [-0.15, -0.1) is 0 Å². The number of carboxylic acid groups (broad SMARTS) is 1. The molecule has 0 amide bonds. The number of aliphatic carboxylic acids is 1. The number of carbonyl (C=O) groups is 1. The number of rotatable bonds is 9. The van der Waals surface area contributed by atoms with Gasteiger partial charge in [0.15, 0.2) is 0 Å². The molecule has 0 saturated heterocycles. The minimum atomic E-state index is -0.889. The normalized spacial score (nSPS) is 11.0. The van der Waals surface area contributed by atoms with Crippen LogP contribution in [0.4, 0.5) is 0 Å². The summed E-state index contributed by atoms with van der Waals surface area (Å²) in [6, 6.07) is 20.4. The number of hydrogen-bond acceptors (Lipinski definition) is 3. The first-order chi connectivity index (χ1) is 13.7. The summed E-state index contributed by atoms with van der Waals surface area (Å²) in [5, 5.41) is 8.59. The van der Waals surface area contributed by atoms with E-state index in [2.05, 4.69) is 29.2 Å². The van der Waals surface area contributed by atoms with Crippen molar-refractivity contribution in [3.8, 4) is 22.4 Å². The van der Waals surface area contributed by atoms with Gasteiger partial charge in [-0.3, -0.25) is 0 Å². The summed E-state index contributed by atoms with van der Waals surface area (Å²) in [6.45, 7) is 0. The highest BCUT2D eigenvalue weighted by Gasteiger charge is 2.11. The van der Waals surface area contributed by atoms with Crippen LogP contribution in [-0.2, 0) is 11.2 Å². The minimum Gasteiger partial charge on any atom is -0.478 e. The highest BCUT2D eigenvalue weighted by Crippen LogP contribution is 2.30. The second-order valence-electron chi connectivity index (χ2n) is 6.62. The molecule has 0 radical (unpaired) electrons. The first kappa shape index (κ1) is 19.5. The predicted octanol–water partition coefficient (Wildman–Crippen LogP) is 5.55. The second-order valence-corrected chi connectivity index (χ2v) is 6.62. The third kappa shape index (κ3) is 5.61. The van der Waals surface area contributed by atoms with E-state index in [1.807, 2.05) is 42.6 Å². The Kier molecular flexibility index (Phi) is 7.08. The maximum absolute atomic E-state index is 10.4. The molecule has 0 aliphatic heterocycles. The maximum atomic E-state index is 10.4. The fourth-order valence-electron chi connectivity index (χ4n) is 3.09. The minimum absolute atomic E-state index is 0.787. The quantitative estimate of drug-likeness (QED) is 0.395. The monoisotopic (exact) mass is 372 g/mol. The van der Waals surface area contributed by atoms with Crippen LogP contribution < -0.4 is 0 Å². The van der Waals surface area contributed by atoms with Gasteiger partial charge in [0, 0.05) is 29.8 Å². The predicted molar refractivity (Wildman–Crippen MR) is 112 cm³/mol. The number of hydrogen-bond donors (Lipinski definition) is 1. The van der Waals surface area contributed by atoms with E-state index in [-0.39, 0.29) is 0 Å². The molecule has 1 aromatic heterocycles. The highest BCUT2D eigenvalue weighted by molar-refractivity contribution is 5.80. The fraction of sp³-hybridized carbons (Fsp3) is 0.208. The molecule has 4 nitrogen and oxygen atoms in total. The number of carboxylic acids is 1.